The number of hydrogen-bond donors (Lipinski definition) is 0. The molecule has 0 radical (unpaired) electrons. The van der Waals surface area contributed by atoms with Crippen LogP contribution in [-0.4, -0.2) is 13.1 Å². The van der Waals surface area contributed by atoms with Crippen LogP contribution < -0.4 is 0 Å². The highest BCUT2D eigenvalue weighted by molar-refractivity contribution is 5.86. The van der Waals surface area contributed by atoms with E-state index in [-0.39, 0.29) is 5.97 Å². The molecule has 0 fully saturated rings. The molecule has 3 nitrogen and oxygen atoms in total. The van der Waals surface area contributed by atoms with Crippen molar-refractivity contribution in [2.45, 2.75) is 6.92 Å². The van der Waals surface area contributed by atoms with Crippen molar-refractivity contribution in [3.63, 3.8) is 0 Å². The molecule has 2 rings (SSSR count). The van der Waals surface area contributed by atoms with Crippen molar-refractivity contribution >= 4 is 24.2 Å². The third kappa shape index (κ3) is 14.9. The third-order valence-corrected chi connectivity index (χ3v) is 3.10. The van der Waals surface area contributed by atoms with E-state index in [1.807, 2.05) is 72.8 Å². The number of allylic oxidation sites excluding steroid dienone is 1. The lowest BCUT2D eigenvalue weighted by Gasteiger charge is -1.96. The Kier molecular flexibility index (Phi) is 17.8. The number of rotatable bonds is 4. The first-order chi connectivity index (χ1) is 13.9. The molecule has 29 heavy (non-hydrogen) atoms. The summed E-state index contributed by atoms with van der Waals surface area (Å²) in [5, 5.41) is 7.51. The Bertz CT molecular complexity index is 800. The van der Waals surface area contributed by atoms with Crippen LogP contribution in [0.2, 0.25) is 0 Å². The molecule has 0 aromatic heterocycles. The molecule has 150 valence electrons. The van der Waals surface area contributed by atoms with Crippen molar-refractivity contribution in [2.75, 3.05) is 7.11 Å². The molecular weight excluding hydrogens is 358 g/mol. The van der Waals surface area contributed by atoms with Crippen molar-refractivity contribution < 1.29 is 9.53 Å². The van der Waals surface area contributed by atoms with Gasteiger partial charge < -0.3 is 4.74 Å². The van der Waals surface area contributed by atoms with Crippen molar-refractivity contribution in [1.29, 1.82) is 5.26 Å². The van der Waals surface area contributed by atoms with Gasteiger partial charge in [-0.25, -0.2) is 4.79 Å². The summed E-state index contributed by atoms with van der Waals surface area (Å²) in [6.45, 7) is 19.1. The molecule has 0 bridgehead atoms. The Hall–Kier alpha value is -3.90. The van der Waals surface area contributed by atoms with Gasteiger partial charge in [-0.15, -0.1) is 0 Å². The number of ether oxygens (including phenoxy) is 1. The van der Waals surface area contributed by atoms with Gasteiger partial charge in [-0.2, -0.15) is 5.26 Å². The van der Waals surface area contributed by atoms with Gasteiger partial charge in [0.15, 0.2) is 0 Å². The molecule has 0 heterocycles. The van der Waals surface area contributed by atoms with Crippen LogP contribution >= 0.6 is 0 Å². The summed E-state index contributed by atoms with van der Waals surface area (Å²) >= 11 is 0. The topological polar surface area (TPSA) is 50.1 Å². The Morgan fingerprint density at radius 3 is 1.52 bits per heavy atom. The second kappa shape index (κ2) is 18.9. The highest BCUT2D eigenvalue weighted by Crippen LogP contribution is 2.10. The van der Waals surface area contributed by atoms with Crippen molar-refractivity contribution in [1.82, 2.24) is 0 Å². The molecule has 0 saturated heterocycles. The average molecular weight is 388 g/mol. The number of hydrogen-bond acceptors (Lipinski definition) is 3. The average Bonchev–Trinajstić information content (AvgIpc) is 2.79. The fraction of sp³-hybridized carbons (Fsp3) is 0.0769. The van der Waals surface area contributed by atoms with Gasteiger partial charge in [0.25, 0.3) is 0 Å². The van der Waals surface area contributed by atoms with E-state index in [1.54, 1.807) is 13.0 Å². The number of nitriles is 1. The fourth-order valence-electron chi connectivity index (χ4n) is 1.65. The molecule has 0 spiro atoms. The standard InChI is InChI=1S/C10H10.C8H8.C5H8O2.C3H3N/c1-3-9-7-5-6-8-10(9)4-2;1-2-8-6-4-3-5-7-8;1-4(2)5(6)7-3;1-2-3-4/h3-8H,1-2H2;2-7H,1H2;1H2,2-3H3;2H,1H2. The quantitative estimate of drug-likeness (QED) is 0.332. The van der Waals surface area contributed by atoms with Crippen LogP contribution in [0.25, 0.3) is 18.2 Å². The molecule has 3 heteroatoms. The Labute approximate surface area is 175 Å². The van der Waals surface area contributed by atoms with Crippen LogP contribution in [-0.2, 0) is 9.53 Å². The Balaban J connectivity index is 0. The number of nitrogens with zero attached hydrogens (tertiary/aromatic N) is 1. The van der Waals surface area contributed by atoms with Crippen LogP contribution in [0.15, 0.2) is 99.1 Å². The van der Waals surface area contributed by atoms with Gasteiger partial charge in [0.1, 0.15) is 0 Å². The monoisotopic (exact) mass is 387 g/mol. The smallest absolute Gasteiger partial charge is 0.332 e. The predicted molar refractivity (Wildman–Crippen MR) is 126 cm³/mol. The van der Waals surface area contributed by atoms with E-state index in [2.05, 4.69) is 37.6 Å². The minimum absolute atomic E-state index is 0.347. The lowest BCUT2D eigenvalue weighted by molar-refractivity contribution is -0.136. The van der Waals surface area contributed by atoms with Crippen LogP contribution in [0.1, 0.15) is 23.6 Å². The molecule has 0 aliphatic rings. The molecule has 0 atom stereocenters. The lowest BCUT2D eigenvalue weighted by Crippen LogP contribution is -1.98. The van der Waals surface area contributed by atoms with Gasteiger partial charge in [-0.1, -0.05) is 106 Å². The maximum Gasteiger partial charge on any atom is 0.332 e. The van der Waals surface area contributed by atoms with Gasteiger partial charge in [-0.05, 0) is 23.6 Å². The maximum absolute atomic E-state index is 10.2. The molecule has 2 aromatic rings. The summed E-state index contributed by atoms with van der Waals surface area (Å²) < 4.78 is 4.27. The van der Waals surface area contributed by atoms with Gasteiger partial charge >= 0.3 is 5.97 Å². The number of benzene rings is 2. The lowest BCUT2D eigenvalue weighted by atomic mass is 10.1. The molecular formula is C26H29NO2. The summed E-state index contributed by atoms with van der Waals surface area (Å²) in [7, 11) is 1.33. The van der Waals surface area contributed by atoms with E-state index in [0.717, 1.165) is 11.1 Å². The fourth-order valence-corrected chi connectivity index (χ4v) is 1.65. The van der Waals surface area contributed by atoms with E-state index in [4.69, 9.17) is 5.26 Å². The molecule has 0 unspecified atom stereocenters. The maximum atomic E-state index is 10.2. The zero-order valence-electron chi connectivity index (χ0n) is 17.3. The van der Waals surface area contributed by atoms with Gasteiger partial charge in [0.2, 0.25) is 0 Å². The SMILES string of the molecule is C=C(C)C(=O)OC.C=CC#N.C=Cc1ccccc1.C=Cc1ccccc1C=C. The van der Waals surface area contributed by atoms with Gasteiger partial charge in [0, 0.05) is 11.6 Å². The predicted octanol–water partition coefficient (Wildman–Crippen LogP) is 6.73. The number of methoxy groups -OCH3 is 1. The zero-order valence-corrected chi connectivity index (χ0v) is 17.3. The second-order valence-electron chi connectivity index (χ2n) is 5.26. The van der Waals surface area contributed by atoms with Gasteiger partial charge in [-0.3, -0.25) is 0 Å². The van der Waals surface area contributed by atoms with E-state index >= 15 is 0 Å². The first-order valence-corrected chi connectivity index (χ1v) is 8.67. The Morgan fingerprint density at radius 1 is 0.897 bits per heavy atom. The molecule has 0 N–H and O–H groups in total. The largest absolute Gasteiger partial charge is 0.466 e. The first kappa shape index (κ1) is 27.3. The van der Waals surface area contributed by atoms with Crippen LogP contribution in [0, 0.1) is 11.3 Å². The second-order valence-corrected chi connectivity index (χ2v) is 5.26. The molecule has 0 aliphatic heterocycles. The first-order valence-electron chi connectivity index (χ1n) is 8.67. The van der Waals surface area contributed by atoms with Crippen molar-refractivity contribution in [3.8, 4) is 6.07 Å². The van der Waals surface area contributed by atoms with Gasteiger partial charge in [0.05, 0.1) is 13.2 Å². The van der Waals surface area contributed by atoms with Crippen LogP contribution in [0.3, 0.4) is 0 Å². The minimum atomic E-state index is -0.347. The summed E-state index contributed by atoms with van der Waals surface area (Å²) in [6, 6.07) is 19.7. The summed E-state index contributed by atoms with van der Waals surface area (Å²) in [5.74, 6) is -0.347. The number of carbonyl (C=O) groups is 1. The van der Waals surface area contributed by atoms with Crippen molar-refractivity contribution in [3.05, 3.63) is 116 Å². The third-order valence-electron chi connectivity index (χ3n) is 3.10. The highest BCUT2D eigenvalue weighted by Gasteiger charge is 1.95. The molecule has 0 saturated carbocycles. The molecule has 2 aromatic carbocycles. The van der Waals surface area contributed by atoms with E-state index < -0.39 is 0 Å². The summed E-state index contributed by atoms with van der Waals surface area (Å²) in [5.41, 5.74) is 3.88. The van der Waals surface area contributed by atoms with Crippen LogP contribution in [0.4, 0.5) is 0 Å². The normalized spacial score (nSPS) is 7.76. The Morgan fingerprint density at radius 2 is 1.31 bits per heavy atom. The van der Waals surface area contributed by atoms with E-state index in [1.165, 1.54) is 18.7 Å². The van der Waals surface area contributed by atoms with E-state index in [0.29, 0.717) is 5.57 Å². The molecule has 0 amide bonds. The van der Waals surface area contributed by atoms with Crippen molar-refractivity contribution in [2.24, 2.45) is 0 Å². The zero-order chi connectivity index (χ0) is 22.5. The minimum Gasteiger partial charge on any atom is -0.466 e. The molecule has 0 aliphatic carbocycles. The number of esters is 1. The number of carbonyl (C=O) groups excluding carboxylic acids is 1. The summed E-state index contributed by atoms with van der Waals surface area (Å²) in [4.78, 5) is 10.2. The van der Waals surface area contributed by atoms with Crippen LogP contribution in [0.5, 0.6) is 0 Å². The highest BCUT2D eigenvalue weighted by atomic mass is 16.5. The summed E-state index contributed by atoms with van der Waals surface area (Å²) in [6.07, 6.45) is 6.67. The van der Waals surface area contributed by atoms with E-state index in [9.17, 15) is 4.79 Å².